The molecule has 0 aliphatic rings. The van der Waals surface area contributed by atoms with Crippen LogP contribution in [0.2, 0.25) is 0 Å². The minimum Gasteiger partial charge on any atom is -0.493 e. The Hall–Kier alpha value is -3.46. The molecule has 142 valence electrons. The summed E-state index contributed by atoms with van der Waals surface area (Å²) in [5.74, 6) is -1.03. The largest absolute Gasteiger partial charge is 0.493 e. The molecule has 8 nitrogen and oxygen atoms in total. The molecule has 0 aliphatic carbocycles. The van der Waals surface area contributed by atoms with E-state index in [4.69, 9.17) is 20.7 Å². The third kappa shape index (κ3) is 5.51. The number of aliphatic hydroxyl groups excluding tert-OH is 1. The minimum atomic E-state index is -1.15. The summed E-state index contributed by atoms with van der Waals surface area (Å²) in [6, 6.07) is 8.27. The summed E-state index contributed by atoms with van der Waals surface area (Å²) in [4.78, 5) is 28.3. The number of rotatable bonds is 5. The van der Waals surface area contributed by atoms with Crippen LogP contribution in [0.3, 0.4) is 0 Å². The van der Waals surface area contributed by atoms with Gasteiger partial charge in [0.15, 0.2) is 0 Å². The lowest BCUT2D eigenvalue weighted by atomic mass is 10.2. The number of aromatic amines is 1. The molecule has 0 unspecified atom stereocenters. The first-order chi connectivity index (χ1) is 12.9. The van der Waals surface area contributed by atoms with E-state index in [0.717, 1.165) is 18.2 Å². The van der Waals surface area contributed by atoms with Crippen LogP contribution < -0.4 is 16.0 Å². The number of carboxylic acid groups (broad SMARTS) is 1. The number of hydrogen-bond acceptors (Lipinski definition) is 6. The van der Waals surface area contributed by atoms with Crippen LogP contribution in [-0.4, -0.2) is 39.4 Å². The van der Waals surface area contributed by atoms with E-state index >= 15 is 0 Å². The first kappa shape index (κ1) is 19.9. The van der Waals surface area contributed by atoms with Crippen LogP contribution in [-0.2, 0) is 0 Å². The zero-order chi connectivity index (χ0) is 19.8. The van der Waals surface area contributed by atoms with E-state index in [1.165, 1.54) is 6.33 Å². The molecule has 0 spiro atoms. The third-order valence-corrected chi connectivity index (χ3v) is 3.43. The number of aromatic carboxylic acids is 1. The van der Waals surface area contributed by atoms with E-state index in [9.17, 15) is 14.0 Å². The molecule has 0 fully saturated rings. The van der Waals surface area contributed by atoms with Gasteiger partial charge in [-0.15, -0.1) is 0 Å². The predicted octanol–water partition coefficient (Wildman–Crippen LogP) is 1.79. The second kappa shape index (κ2) is 9.30. The Balaban J connectivity index is 0.000000208. The molecule has 27 heavy (non-hydrogen) atoms. The quantitative estimate of drug-likeness (QED) is 0.394. The Kier molecular flexibility index (Phi) is 6.84. The number of fused-ring (bicyclic) bond motifs is 1. The van der Waals surface area contributed by atoms with Gasteiger partial charge in [-0.2, -0.15) is 0 Å². The lowest BCUT2D eigenvalue weighted by Crippen LogP contribution is -2.06. The molecule has 5 N–H and O–H groups in total. The molecule has 1 aromatic heterocycles. The van der Waals surface area contributed by atoms with Crippen LogP contribution in [0.5, 0.6) is 5.75 Å². The fourth-order valence-corrected chi connectivity index (χ4v) is 2.12. The number of ether oxygens (including phenoxy) is 1. The highest BCUT2D eigenvalue weighted by Gasteiger charge is 2.07. The Morgan fingerprint density at radius 2 is 2.04 bits per heavy atom. The first-order valence-corrected chi connectivity index (χ1v) is 7.92. The van der Waals surface area contributed by atoms with Crippen molar-refractivity contribution in [1.82, 2.24) is 9.97 Å². The number of aliphatic hydroxyl groups is 1. The topological polar surface area (TPSA) is 139 Å². The Morgan fingerprint density at radius 1 is 1.26 bits per heavy atom. The first-order valence-electron chi connectivity index (χ1n) is 7.92. The highest BCUT2D eigenvalue weighted by Crippen LogP contribution is 2.16. The zero-order valence-corrected chi connectivity index (χ0v) is 14.2. The molecule has 3 aromatic rings. The smallest absolute Gasteiger partial charge is 0.337 e. The van der Waals surface area contributed by atoms with Gasteiger partial charge in [0, 0.05) is 24.8 Å². The average Bonchev–Trinajstić information content (AvgIpc) is 2.62. The number of nitrogen functional groups attached to an aromatic ring is 1. The van der Waals surface area contributed by atoms with Crippen molar-refractivity contribution in [3.05, 3.63) is 64.5 Å². The van der Waals surface area contributed by atoms with E-state index in [-0.39, 0.29) is 23.4 Å². The molecule has 9 heteroatoms. The fraction of sp³-hybridized carbons (Fsp3) is 0.167. The zero-order valence-electron chi connectivity index (χ0n) is 14.2. The van der Waals surface area contributed by atoms with Gasteiger partial charge in [0.2, 0.25) is 0 Å². The highest BCUT2D eigenvalue weighted by molar-refractivity contribution is 5.93. The summed E-state index contributed by atoms with van der Waals surface area (Å²) in [7, 11) is 0. The molecule has 0 radical (unpaired) electrons. The molecule has 0 saturated heterocycles. The molecule has 0 saturated carbocycles. The lowest BCUT2D eigenvalue weighted by molar-refractivity contribution is 0.0698. The van der Waals surface area contributed by atoms with Gasteiger partial charge in [-0.05, 0) is 30.3 Å². The lowest BCUT2D eigenvalue weighted by Gasteiger charge is -2.05. The van der Waals surface area contributed by atoms with Gasteiger partial charge in [0.25, 0.3) is 5.56 Å². The highest BCUT2D eigenvalue weighted by atomic mass is 19.1. The molecular formula is C18H18FN3O5. The number of anilines is 1. The molecule has 1 heterocycles. The second-order valence-electron chi connectivity index (χ2n) is 5.37. The van der Waals surface area contributed by atoms with Gasteiger partial charge in [0.1, 0.15) is 11.6 Å². The van der Waals surface area contributed by atoms with Crippen molar-refractivity contribution < 1.29 is 24.1 Å². The van der Waals surface area contributed by atoms with Crippen LogP contribution in [0.15, 0.2) is 47.5 Å². The number of benzene rings is 2. The molecule has 0 amide bonds. The molecule has 0 atom stereocenters. The summed E-state index contributed by atoms with van der Waals surface area (Å²) in [5.41, 5.74) is 5.51. The molecule has 3 rings (SSSR count). The van der Waals surface area contributed by atoms with Crippen molar-refractivity contribution in [2.45, 2.75) is 6.42 Å². The van der Waals surface area contributed by atoms with Gasteiger partial charge in [-0.3, -0.25) is 4.79 Å². The van der Waals surface area contributed by atoms with E-state index in [2.05, 4.69) is 9.97 Å². The molecular weight excluding hydrogens is 357 g/mol. The van der Waals surface area contributed by atoms with Crippen molar-refractivity contribution >= 4 is 22.6 Å². The standard InChI is InChI=1S/C11H12N2O3.C7H6FNO2/c14-4-1-5-16-8-2-3-9-10(6-8)12-7-13-11(9)15;8-4-1-2-5(7(10)11)6(9)3-4/h2-3,6-7,14H,1,4-5H2,(H,12,13,15);1-3H,9H2,(H,10,11). The van der Waals surface area contributed by atoms with Crippen LogP contribution >= 0.6 is 0 Å². The van der Waals surface area contributed by atoms with Crippen molar-refractivity contribution in [2.24, 2.45) is 0 Å². The normalized spacial score (nSPS) is 10.1. The van der Waals surface area contributed by atoms with Crippen LogP contribution in [0.25, 0.3) is 10.9 Å². The minimum absolute atomic E-state index is 0.0579. The van der Waals surface area contributed by atoms with E-state index < -0.39 is 11.8 Å². The number of nitrogens with two attached hydrogens (primary N) is 1. The maximum absolute atomic E-state index is 12.3. The van der Waals surface area contributed by atoms with Gasteiger partial charge >= 0.3 is 5.97 Å². The summed E-state index contributed by atoms with van der Waals surface area (Å²) in [6.45, 7) is 0.552. The number of halogens is 1. The average molecular weight is 375 g/mol. The van der Waals surface area contributed by atoms with Gasteiger partial charge in [0.05, 0.1) is 29.4 Å². The number of nitrogens with one attached hydrogen (secondary N) is 1. The number of nitrogens with zero attached hydrogens (tertiary/aromatic N) is 1. The summed E-state index contributed by atoms with van der Waals surface area (Å²) in [5, 5.41) is 17.6. The molecule has 0 aliphatic heterocycles. The number of hydrogen-bond donors (Lipinski definition) is 4. The van der Waals surface area contributed by atoms with Crippen molar-refractivity contribution in [2.75, 3.05) is 18.9 Å². The fourth-order valence-electron chi connectivity index (χ4n) is 2.12. The van der Waals surface area contributed by atoms with E-state index in [0.29, 0.717) is 29.7 Å². The third-order valence-electron chi connectivity index (χ3n) is 3.43. The summed E-state index contributed by atoms with van der Waals surface area (Å²) >= 11 is 0. The maximum atomic E-state index is 12.3. The van der Waals surface area contributed by atoms with Crippen molar-refractivity contribution in [3.8, 4) is 5.75 Å². The molecule has 2 aromatic carbocycles. The number of aromatic nitrogens is 2. The SMILES string of the molecule is Nc1cc(F)ccc1C(=O)O.O=c1[nH]cnc2cc(OCCCO)ccc12. The van der Waals surface area contributed by atoms with E-state index in [1.54, 1.807) is 18.2 Å². The monoisotopic (exact) mass is 375 g/mol. The Labute approximate surface area is 153 Å². The Morgan fingerprint density at radius 3 is 2.70 bits per heavy atom. The molecule has 0 bridgehead atoms. The summed E-state index contributed by atoms with van der Waals surface area (Å²) in [6.07, 6.45) is 1.95. The van der Waals surface area contributed by atoms with Gasteiger partial charge in [-0.25, -0.2) is 14.2 Å². The van der Waals surface area contributed by atoms with Gasteiger partial charge < -0.3 is 25.7 Å². The van der Waals surface area contributed by atoms with Crippen LogP contribution in [0, 0.1) is 5.82 Å². The van der Waals surface area contributed by atoms with Crippen molar-refractivity contribution in [1.29, 1.82) is 0 Å². The van der Waals surface area contributed by atoms with Crippen molar-refractivity contribution in [3.63, 3.8) is 0 Å². The van der Waals surface area contributed by atoms with Gasteiger partial charge in [-0.1, -0.05) is 0 Å². The van der Waals surface area contributed by atoms with E-state index in [1.807, 2.05) is 0 Å². The predicted molar refractivity (Wildman–Crippen MR) is 97.3 cm³/mol. The van der Waals surface area contributed by atoms with Crippen LogP contribution in [0.1, 0.15) is 16.8 Å². The number of carbonyl (C=O) groups is 1. The maximum Gasteiger partial charge on any atom is 0.337 e. The Bertz CT molecular complexity index is 990. The summed E-state index contributed by atoms with van der Waals surface area (Å²) < 4.78 is 17.7. The second-order valence-corrected chi connectivity index (χ2v) is 5.37. The number of carboxylic acids is 1. The van der Waals surface area contributed by atoms with Crippen LogP contribution in [0.4, 0.5) is 10.1 Å². The number of H-pyrrole nitrogens is 1.